The lowest BCUT2D eigenvalue weighted by atomic mass is 10.1. The van der Waals surface area contributed by atoms with E-state index < -0.39 is 20.6 Å². The molecule has 150 valence electrons. The third-order valence-electron chi connectivity index (χ3n) is 4.91. The number of piperazine rings is 1. The van der Waals surface area contributed by atoms with Gasteiger partial charge in [-0.2, -0.15) is 4.31 Å². The number of rotatable bonds is 7. The van der Waals surface area contributed by atoms with E-state index in [1.807, 2.05) is 20.8 Å². The number of benzene rings is 1. The van der Waals surface area contributed by atoms with E-state index in [9.17, 15) is 23.3 Å². The summed E-state index contributed by atoms with van der Waals surface area (Å²) in [5.41, 5.74) is -0.422. The molecule has 2 N–H and O–H groups in total. The first-order chi connectivity index (χ1) is 12.6. The predicted octanol–water partition coefficient (Wildman–Crippen LogP) is -0.355. The molecule has 9 nitrogen and oxygen atoms in total. The molecular formula is C17H27N4O5S+. The molecular weight excluding hydrogens is 372 g/mol. The zero-order valence-electron chi connectivity index (χ0n) is 15.8. The minimum Gasteiger partial charge on any atom is -0.348 e. The van der Waals surface area contributed by atoms with Gasteiger partial charge < -0.3 is 10.2 Å². The summed E-state index contributed by atoms with van der Waals surface area (Å²) in [6.07, 6.45) is 0. The molecule has 0 spiro atoms. The van der Waals surface area contributed by atoms with Gasteiger partial charge in [0.15, 0.2) is 11.4 Å². The quantitative estimate of drug-likeness (QED) is 0.480. The molecule has 1 aliphatic heterocycles. The Morgan fingerprint density at radius 1 is 1.26 bits per heavy atom. The number of hydrogen-bond donors (Lipinski definition) is 2. The highest BCUT2D eigenvalue weighted by molar-refractivity contribution is 7.89. The topological polar surface area (TPSA) is 114 Å². The van der Waals surface area contributed by atoms with E-state index in [1.165, 1.54) is 28.6 Å². The Hall–Kier alpha value is -2.04. The number of nitrogens with one attached hydrogen (secondary N) is 2. The van der Waals surface area contributed by atoms with Crippen LogP contribution in [0, 0.1) is 16.0 Å². The van der Waals surface area contributed by atoms with Gasteiger partial charge in [-0.1, -0.05) is 26.0 Å². The van der Waals surface area contributed by atoms with Crippen molar-refractivity contribution in [3.63, 3.8) is 0 Å². The molecule has 0 saturated carbocycles. The molecule has 1 heterocycles. The molecule has 1 atom stereocenters. The second-order valence-corrected chi connectivity index (χ2v) is 9.06. The number of nitro groups is 1. The number of quaternary nitrogens is 1. The average molecular weight is 399 g/mol. The second-order valence-electron chi connectivity index (χ2n) is 7.16. The average Bonchev–Trinajstić information content (AvgIpc) is 2.61. The van der Waals surface area contributed by atoms with Crippen LogP contribution >= 0.6 is 0 Å². The first-order valence-corrected chi connectivity index (χ1v) is 10.4. The number of nitro benzene ring substituents is 1. The molecule has 0 bridgehead atoms. The third-order valence-corrected chi connectivity index (χ3v) is 6.85. The number of nitrogens with zero attached hydrogens (tertiary/aromatic N) is 2. The zero-order valence-corrected chi connectivity index (χ0v) is 16.7. The normalized spacial score (nSPS) is 17.6. The number of sulfonamides is 1. The minimum absolute atomic E-state index is 0.0544. The molecule has 1 aromatic carbocycles. The maximum Gasteiger partial charge on any atom is 0.289 e. The summed E-state index contributed by atoms with van der Waals surface area (Å²) < 4.78 is 26.8. The van der Waals surface area contributed by atoms with Crippen LogP contribution in [0.15, 0.2) is 29.2 Å². The van der Waals surface area contributed by atoms with Crippen molar-refractivity contribution < 1.29 is 23.0 Å². The van der Waals surface area contributed by atoms with Gasteiger partial charge in [0.1, 0.15) is 0 Å². The highest BCUT2D eigenvalue weighted by Gasteiger charge is 2.35. The first-order valence-electron chi connectivity index (χ1n) is 8.99. The van der Waals surface area contributed by atoms with Gasteiger partial charge in [0.05, 0.1) is 31.1 Å². The smallest absolute Gasteiger partial charge is 0.289 e. The van der Waals surface area contributed by atoms with Crippen LogP contribution in [0.2, 0.25) is 0 Å². The molecule has 1 aliphatic rings. The SMILES string of the molecule is CC(C)[C@@H](C)NC(=O)C[NH+]1CCN(S(=O)(=O)c2ccccc2[N+](=O)[O-])CC1. The maximum atomic E-state index is 12.8. The highest BCUT2D eigenvalue weighted by Crippen LogP contribution is 2.26. The van der Waals surface area contributed by atoms with E-state index in [-0.39, 0.29) is 36.5 Å². The van der Waals surface area contributed by atoms with Crippen molar-refractivity contribution in [1.29, 1.82) is 0 Å². The molecule has 0 aromatic heterocycles. The largest absolute Gasteiger partial charge is 0.348 e. The van der Waals surface area contributed by atoms with E-state index in [4.69, 9.17) is 0 Å². The van der Waals surface area contributed by atoms with Gasteiger partial charge in [-0.15, -0.1) is 0 Å². The van der Waals surface area contributed by atoms with Crippen molar-refractivity contribution in [2.24, 2.45) is 5.92 Å². The Morgan fingerprint density at radius 3 is 2.41 bits per heavy atom. The van der Waals surface area contributed by atoms with Gasteiger partial charge in [-0.25, -0.2) is 8.42 Å². The van der Waals surface area contributed by atoms with Crippen LogP contribution in [0.5, 0.6) is 0 Å². The van der Waals surface area contributed by atoms with Gasteiger partial charge >= 0.3 is 0 Å². The molecule has 2 rings (SSSR count). The van der Waals surface area contributed by atoms with E-state index in [1.54, 1.807) is 0 Å². The minimum atomic E-state index is -3.94. The molecule has 0 unspecified atom stereocenters. The van der Waals surface area contributed by atoms with Crippen LogP contribution in [0.3, 0.4) is 0 Å². The molecule has 1 saturated heterocycles. The molecule has 10 heteroatoms. The predicted molar refractivity (Wildman–Crippen MR) is 99.9 cm³/mol. The van der Waals surface area contributed by atoms with Crippen LogP contribution < -0.4 is 10.2 Å². The second kappa shape index (κ2) is 8.77. The van der Waals surface area contributed by atoms with Crippen LogP contribution in [-0.4, -0.2) is 62.3 Å². The van der Waals surface area contributed by atoms with Crippen molar-refractivity contribution >= 4 is 21.6 Å². The number of carbonyl (C=O) groups is 1. The van der Waals surface area contributed by atoms with Crippen molar-refractivity contribution in [3.05, 3.63) is 34.4 Å². The Labute approximate surface area is 159 Å². The number of para-hydroxylation sites is 1. The lowest BCUT2D eigenvalue weighted by Gasteiger charge is -2.31. The Morgan fingerprint density at radius 2 is 1.85 bits per heavy atom. The van der Waals surface area contributed by atoms with Crippen LogP contribution in [-0.2, 0) is 14.8 Å². The van der Waals surface area contributed by atoms with Crippen LogP contribution in [0.25, 0.3) is 0 Å². The fourth-order valence-electron chi connectivity index (χ4n) is 2.88. The van der Waals surface area contributed by atoms with Gasteiger partial charge in [0.25, 0.3) is 11.6 Å². The van der Waals surface area contributed by atoms with Crippen LogP contribution in [0.1, 0.15) is 20.8 Å². The summed E-state index contributed by atoms with van der Waals surface area (Å²) in [6, 6.07) is 5.44. The number of hydrogen-bond acceptors (Lipinski definition) is 5. The van der Waals surface area contributed by atoms with Crippen molar-refractivity contribution in [2.75, 3.05) is 32.7 Å². The van der Waals surface area contributed by atoms with Crippen LogP contribution in [0.4, 0.5) is 5.69 Å². The maximum absolute atomic E-state index is 12.8. The lowest BCUT2D eigenvalue weighted by molar-refractivity contribution is -0.895. The molecule has 0 aliphatic carbocycles. The summed E-state index contributed by atoms with van der Waals surface area (Å²) in [6.45, 7) is 7.69. The summed E-state index contributed by atoms with van der Waals surface area (Å²) in [5, 5.41) is 14.1. The lowest BCUT2D eigenvalue weighted by Crippen LogP contribution is -3.15. The van der Waals surface area contributed by atoms with Crippen molar-refractivity contribution in [2.45, 2.75) is 31.7 Å². The summed E-state index contributed by atoms with van der Waals surface area (Å²) in [7, 11) is -3.94. The Kier molecular flexibility index (Phi) is 6.90. The fraction of sp³-hybridized carbons (Fsp3) is 0.588. The summed E-state index contributed by atoms with van der Waals surface area (Å²) in [4.78, 5) is 23.3. The Bertz CT molecular complexity index is 788. The number of carbonyl (C=O) groups excluding carboxylic acids is 1. The zero-order chi connectivity index (χ0) is 20.2. The van der Waals surface area contributed by atoms with Crippen molar-refractivity contribution in [3.8, 4) is 0 Å². The summed E-state index contributed by atoms with van der Waals surface area (Å²) in [5.74, 6) is 0.286. The van der Waals surface area contributed by atoms with Gasteiger partial charge in [0, 0.05) is 12.1 Å². The highest BCUT2D eigenvalue weighted by atomic mass is 32.2. The van der Waals surface area contributed by atoms with Gasteiger partial charge in [-0.3, -0.25) is 14.9 Å². The third kappa shape index (κ3) is 5.24. The van der Waals surface area contributed by atoms with Gasteiger partial charge in [0.2, 0.25) is 10.0 Å². The number of amides is 1. The standard InChI is InChI=1S/C17H26N4O5S/c1-13(2)14(3)18-17(22)12-19-8-10-20(11-9-19)27(25,26)16-7-5-4-6-15(16)21(23)24/h4-7,13-14H,8-12H2,1-3H3,(H,18,22)/p+1/t14-/m1/s1. The Balaban J connectivity index is 1.99. The molecule has 1 fully saturated rings. The van der Waals surface area contributed by atoms with Crippen molar-refractivity contribution in [1.82, 2.24) is 9.62 Å². The molecule has 1 amide bonds. The first kappa shape index (κ1) is 21.3. The van der Waals surface area contributed by atoms with E-state index in [2.05, 4.69) is 5.32 Å². The van der Waals surface area contributed by atoms with E-state index in [0.29, 0.717) is 19.0 Å². The van der Waals surface area contributed by atoms with Gasteiger partial charge in [-0.05, 0) is 18.9 Å². The molecule has 0 radical (unpaired) electrons. The monoisotopic (exact) mass is 399 g/mol. The van der Waals surface area contributed by atoms with E-state index >= 15 is 0 Å². The summed E-state index contributed by atoms with van der Waals surface area (Å²) >= 11 is 0. The van der Waals surface area contributed by atoms with E-state index in [0.717, 1.165) is 4.90 Å². The fourth-order valence-corrected chi connectivity index (χ4v) is 4.48. The molecule has 27 heavy (non-hydrogen) atoms. The molecule has 1 aromatic rings.